The van der Waals surface area contributed by atoms with Crippen LogP contribution in [0.1, 0.15) is 18.9 Å². The SMILES string of the molecule is CC1OCCC1(O)CNCc1ccc(O)c(F)c1. The van der Waals surface area contributed by atoms with E-state index in [-0.39, 0.29) is 11.9 Å². The average Bonchev–Trinajstić information content (AvgIpc) is 2.65. The Morgan fingerprint density at radius 1 is 1.56 bits per heavy atom. The molecule has 2 unspecified atom stereocenters. The minimum atomic E-state index is -0.852. The van der Waals surface area contributed by atoms with Crippen molar-refractivity contribution in [3.8, 4) is 5.75 Å². The van der Waals surface area contributed by atoms with Gasteiger partial charge in [0.25, 0.3) is 0 Å². The maximum atomic E-state index is 13.1. The van der Waals surface area contributed by atoms with Gasteiger partial charge in [-0.15, -0.1) is 0 Å². The highest BCUT2D eigenvalue weighted by molar-refractivity contribution is 5.27. The van der Waals surface area contributed by atoms with Gasteiger partial charge in [0.05, 0.1) is 6.10 Å². The fraction of sp³-hybridized carbons (Fsp3) is 0.538. The summed E-state index contributed by atoms with van der Waals surface area (Å²) in [6.45, 7) is 3.24. The number of ether oxygens (including phenoxy) is 1. The van der Waals surface area contributed by atoms with E-state index >= 15 is 0 Å². The lowest BCUT2D eigenvalue weighted by molar-refractivity contribution is -0.0263. The van der Waals surface area contributed by atoms with E-state index in [4.69, 9.17) is 9.84 Å². The summed E-state index contributed by atoms with van der Waals surface area (Å²) in [4.78, 5) is 0. The van der Waals surface area contributed by atoms with Crippen molar-refractivity contribution in [2.24, 2.45) is 0 Å². The molecule has 0 aliphatic carbocycles. The Labute approximate surface area is 105 Å². The second-order valence-electron chi connectivity index (χ2n) is 4.76. The van der Waals surface area contributed by atoms with Crippen molar-refractivity contribution in [3.05, 3.63) is 29.6 Å². The first kappa shape index (κ1) is 13.3. The summed E-state index contributed by atoms with van der Waals surface area (Å²) in [6, 6.07) is 4.24. The zero-order chi connectivity index (χ0) is 13.2. The van der Waals surface area contributed by atoms with Gasteiger partial charge in [0, 0.05) is 26.1 Å². The lowest BCUT2D eigenvalue weighted by Crippen LogP contribution is -2.45. The molecule has 0 bridgehead atoms. The Kier molecular flexibility index (Phi) is 3.85. The zero-order valence-corrected chi connectivity index (χ0v) is 10.3. The van der Waals surface area contributed by atoms with Gasteiger partial charge in [0.15, 0.2) is 11.6 Å². The number of halogens is 1. The molecule has 3 N–H and O–H groups in total. The van der Waals surface area contributed by atoms with Gasteiger partial charge in [0.1, 0.15) is 5.60 Å². The van der Waals surface area contributed by atoms with Crippen LogP contribution >= 0.6 is 0 Å². The topological polar surface area (TPSA) is 61.7 Å². The van der Waals surface area contributed by atoms with Crippen LogP contribution in [-0.4, -0.2) is 35.1 Å². The molecule has 18 heavy (non-hydrogen) atoms. The van der Waals surface area contributed by atoms with Crippen molar-refractivity contribution >= 4 is 0 Å². The Bertz CT molecular complexity index is 427. The predicted octanol–water partition coefficient (Wildman–Crippen LogP) is 1.16. The molecule has 2 rings (SSSR count). The number of phenolic OH excluding ortho intramolecular Hbond substituents is 1. The average molecular weight is 255 g/mol. The highest BCUT2D eigenvalue weighted by Gasteiger charge is 2.38. The first-order valence-electron chi connectivity index (χ1n) is 6.03. The number of aromatic hydroxyl groups is 1. The van der Waals surface area contributed by atoms with E-state index in [0.717, 1.165) is 5.56 Å². The number of nitrogens with one attached hydrogen (secondary N) is 1. The third kappa shape index (κ3) is 2.80. The molecule has 1 fully saturated rings. The summed E-state index contributed by atoms with van der Waals surface area (Å²) in [7, 11) is 0. The standard InChI is InChI=1S/C13H18FNO3/c1-9-13(17,4-5-18-9)8-15-7-10-2-3-12(16)11(14)6-10/h2-3,6,9,15-17H,4-5,7-8H2,1H3. The van der Waals surface area contributed by atoms with Crippen molar-refractivity contribution in [1.29, 1.82) is 0 Å². The van der Waals surface area contributed by atoms with E-state index in [1.807, 2.05) is 6.92 Å². The van der Waals surface area contributed by atoms with Gasteiger partial charge < -0.3 is 20.3 Å². The third-order valence-electron chi connectivity index (χ3n) is 3.43. The molecule has 1 heterocycles. The van der Waals surface area contributed by atoms with Crippen LogP contribution in [0.5, 0.6) is 5.75 Å². The third-order valence-corrected chi connectivity index (χ3v) is 3.43. The van der Waals surface area contributed by atoms with Crippen LogP contribution in [0.15, 0.2) is 18.2 Å². The van der Waals surface area contributed by atoms with Crippen molar-refractivity contribution in [2.75, 3.05) is 13.2 Å². The largest absolute Gasteiger partial charge is 0.505 e. The van der Waals surface area contributed by atoms with Crippen LogP contribution in [0.25, 0.3) is 0 Å². The summed E-state index contributed by atoms with van der Waals surface area (Å²) < 4.78 is 18.4. The number of aliphatic hydroxyl groups is 1. The fourth-order valence-corrected chi connectivity index (χ4v) is 2.09. The second kappa shape index (κ2) is 5.22. The molecule has 0 saturated carbocycles. The minimum absolute atomic E-state index is 0.193. The number of hydrogen-bond acceptors (Lipinski definition) is 4. The highest BCUT2D eigenvalue weighted by atomic mass is 19.1. The molecule has 1 saturated heterocycles. The van der Waals surface area contributed by atoms with Gasteiger partial charge >= 0.3 is 0 Å². The summed E-state index contributed by atoms with van der Waals surface area (Å²) >= 11 is 0. The van der Waals surface area contributed by atoms with Gasteiger partial charge in [0.2, 0.25) is 0 Å². The molecule has 4 nitrogen and oxygen atoms in total. The first-order valence-corrected chi connectivity index (χ1v) is 6.03. The zero-order valence-electron chi connectivity index (χ0n) is 10.3. The molecule has 1 aliphatic heterocycles. The number of phenols is 1. The Balaban J connectivity index is 1.86. The van der Waals surface area contributed by atoms with E-state index < -0.39 is 11.4 Å². The summed E-state index contributed by atoms with van der Waals surface area (Å²) in [5, 5.41) is 22.4. The molecule has 2 atom stereocenters. The molecule has 0 spiro atoms. The van der Waals surface area contributed by atoms with Crippen LogP contribution in [0.2, 0.25) is 0 Å². The molecular weight excluding hydrogens is 237 g/mol. The predicted molar refractivity (Wildman–Crippen MR) is 64.8 cm³/mol. The fourth-order valence-electron chi connectivity index (χ4n) is 2.09. The Morgan fingerprint density at radius 2 is 2.33 bits per heavy atom. The molecule has 0 amide bonds. The smallest absolute Gasteiger partial charge is 0.165 e. The van der Waals surface area contributed by atoms with E-state index in [0.29, 0.717) is 26.1 Å². The Hall–Kier alpha value is -1.17. The Morgan fingerprint density at radius 3 is 2.94 bits per heavy atom. The summed E-state index contributed by atoms with van der Waals surface area (Å²) in [5.41, 5.74) is -0.129. The molecule has 1 aliphatic rings. The van der Waals surface area contributed by atoms with Gasteiger partial charge in [-0.2, -0.15) is 0 Å². The van der Waals surface area contributed by atoms with Crippen LogP contribution in [0.3, 0.4) is 0 Å². The normalized spacial score (nSPS) is 27.6. The van der Waals surface area contributed by atoms with E-state index in [9.17, 15) is 9.50 Å². The van der Waals surface area contributed by atoms with Gasteiger partial charge in [-0.25, -0.2) is 4.39 Å². The second-order valence-corrected chi connectivity index (χ2v) is 4.76. The molecule has 100 valence electrons. The molecule has 5 heteroatoms. The lowest BCUT2D eigenvalue weighted by Gasteiger charge is -2.26. The van der Waals surface area contributed by atoms with Crippen molar-refractivity contribution < 1.29 is 19.3 Å². The van der Waals surface area contributed by atoms with E-state index in [2.05, 4.69) is 5.32 Å². The van der Waals surface area contributed by atoms with E-state index in [1.54, 1.807) is 6.07 Å². The van der Waals surface area contributed by atoms with Crippen molar-refractivity contribution in [2.45, 2.75) is 31.6 Å². The first-order chi connectivity index (χ1) is 8.51. The molecule has 1 aromatic rings. The quantitative estimate of drug-likeness (QED) is 0.755. The van der Waals surface area contributed by atoms with E-state index in [1.165, 1.54) is 12.1 Å². The van der Waals surface area contributed by atoms with Crippen LogP contribution in [0.4, 0.5) is 4.39 Å². The summed E-state index contributed by atoms with van der Waals surface area (Å²) in [6.07, 6.45) is 0.409. The van der Waals surface area contributed by atoms with Gasteiger partial charge in [-0.1, -0.05) is 6.07 Å². The van der Waals surface area contributed by atoms with Gasteiger partial charge in [-0.05, 0) is 24.6 Å². The molecule has 0 radical (unpaired) electrons. The molecule has 0 aromatic heterocycles. The maximum Gasteiger partial charge on any atom is 0.165 e. The number of benzene rings is 1. The molecule has 1 aromatic carbocycles. The van der Waals surface area contributed by atoms with Crippen LogP contribution in [0, 0.1) is 5.82 Å². The van der Waals surface area contributed by atoms with Gasteiger partial charge in [-0.3, -0.25) is 0 Å². The molecular formula is C13H18FNO3. The number of hydrogen-bond donors (Lipinski definition) is 3. The number of rotatable bonds is 4. The van der Waals surface area contributed by atoms with Crippen molar-refractivity contribution in [1.82, 2.24) is 5.32 Å². The van der Waals surface area contributed by atoms with Crippen LogP contribution in [-0.2, 0) is 11.3 Å². The monoisotopic (exact) mass is 255 g/mol. The van der Waals surface area contributed by atoms with Crippen LogP contribution < -0.4 is 5.32 Å². The minimum Gasteiger partial charge on any atom is -0.505 e. The highest BCUT2D eigenvalue weighted by Crippen LogP contribution is 2.25. The van der Waals surface area contributed by atoms with Crippen molar-refractivity contribution in [3.63, 3.8) is 0 Å². The summed E-state index contributed by atoms with van der Waals surface area (Å²) in [5.74, 6) is -0.985. The lowest BCUT2D eigenvalue weighted by atomic mass is 9.96. The maximum absolute atomic E-state index is 13.1.